The van der Waals surface area contributed by atoms with Gasteiger partial charge in [0, 0.05) is 11.8 Å². The number of pyridine rings is 2. The van der Waals surface area contributed by atoms with Crippen molar-refractivity contribution in [3.05, 3.63) is 29.5 Å². The lowest BCUT2D eigenvalue weighted by Crippen LogP contribution is -1.97. The lowest BCUT2D eigenvalue weighted by molar-refractivity contribution is 0.399. The van der Waals surface area contributed by atoms with E-state index in [1.807, 2.05) is 12.1 Å². The highest BCUT2D eigenvalue weighted by molar-refractivity contribution is 5.81. The maximum atomic E-state index is 9.19. The fourth-order valence-electron chi connectivity index (χ4n) is 1.83. The minimum Gasteiger partial charge on any atom is -0.481 e. The number of hydrogen-bond donors (Lipinski definition) is 0. The Hall–Kier alpha value is -2.15. The Kier molecular flexibility index (Phi) is 3.73. The molecule has 0 aliphatic rings. The van der Waals surface area contributed by atoms with Gasteiger partial charge in [0.15, 0.2) is 0 Å². The molecule has 18 heavy (non-hydrogen) atoms. The number of nitriles is 1. The smallest absolute Gasteiger partial charge is 0.213 e. The lowest BCUT2D eigenvalue weighted by atomic mass is 10.1. The molecule has 0 saturated heterocycles. The molecule has 0 aromatic carbocycles. The van der Waals surface area contributed by atoms with E-state index >= 15 is 0 Å². The van der Waals surface area contributed by atoms with Gasteiger partial charge in [0.25, 0.3) is 0 Å². The van der Waals surface area contributed by atoms with Gasteiger partial charge in [0.2, 0.25) is 5.88 Å². The van der Waals surface area contributed by atoms with Crippen LogP contribution in [0.1, 0.15) is 31.0 Å². The fraction of sp³-hybridized carbons (Fsp3) is 0.357. The predicted molar refractivity (Wildman–Crippen MR) is 69.4 cm³/mol. The van der Waals surface area contributed by atoms with Gasteiger partial charge < -0.3 is 4.74 Å². The van der Waals surface area contributed by atoms with Crippen LogP contribution < -0.4 is 4.74 Å². The van der Waals surface area contributed by atoms with E-state index < -0.39 is 0 Å². The summed E-state index contributed by atoms with van der Waals surface area (Å²) in [7, 11) is 1.56. The van der Waals surface area contributed by atoms with Gasteiger partial charge in [-0.25, -0.2) is 4.98 Å². The molecule has 2 rings (SSSR count). The van der Waals surface area contributed by atoms with E-state index in [0.717, 1.165) is 30.5 Å². The molecular weight excluding hydrogens is 226 g/mol. The van der Waals surface area contributed by atoms with Crippen LogP contribution in [0.15, 0.2) is 18.2 Å². The Morgan fingerprint density at radius 2 is 2.17 bits per heavy atom. The number of unbranched alkanes of at least 4 members (excludes halogenated alkanes) is 1. The summed E-state index contributed by atoms with van der Waals surface area (Å²) in [6, 6.07) is 7.61. The molecule has 0 radical (unpaired) electrons. The second-order valence-corrected chi connectivity index (χ2v) is 4.10. The average molecular weight is 241 g/mol. The van der Waals surface area contributed by atoms with E-state index in [4.69, 9.17) is 4.74 Å². The highest BCUT2D eigenvalue weighted by atomic mass is 16.5. The van der Waals surface area contributed by atoms with Gasteiger partial charge in [-0.05, 0) is 25.0 Å². The van der Waals surface area contributed by atoms with Crippen molar-refractivity contribution >= 4 is 11.0 Å². The third-order valence-electron chi connectivity index (χ3n) is 2.79. The van der Waals surface area contributed by atoms with E-state index in [9.17, 15) is 5.26 Å². The molecule has 0 spiro atoms. The van der Waals surface area contributed by atoms with Crippen LogP contribution in [0, 0.1) is 11.3 Å². The van der Waals surface area contributed by atoms with E-state index in [1.54, 1.807) is 13.2 Å². The SMILES string of the molecule is CCCCc1cc(C#N)c2nc(OC)ccc2n1. The van der Waals surface area contributed by atoms with Gasteiger partial charge in [0.1, 0.15) is 11.6 Å². The highest BCUT2D eigenvalue weighted by Crippen LogP contribution is 2.20. The van der Waals surface area contributed by atoms with Crippen molar-refractivity contribution in [1.82, 2.24) is 9.97 Å². The third kappa shape index (κ3) is 2.40. The van der Waals surface area contributed by atoms with Crippen LogP contribution in [-0.2, 0) is 6.42 Å². The van der Waals surface area contributed by atoms with Gasteiger partial charge in [-0.3, -0.25) is 4.98 Å². The quantitative estimate of drug-likeness (QED) is 0.825. The maximum Gasteiger partial charge on any atom is 0.213 e. The standard InChI is InChI=1S/C14H15N3O/c1-3-4-5-11-8-10(9-15)14-12(16-11)6-7-13(17-14)18-2/h6-8H,3-5H2,1-2H3. The second kappa shape index (κ2) is 5.46. The summed E-state index contributed by atoms with van der Waals surface area (Å²) < 4.78 is 5.07. The molecule has 2 aromatic rings. The molecule has 2 aromatic heterocycles. The Morgan fingerprint density at radius 1 is 1.33 bits per heavy atom. The number of rotatable bonds is 4. The van der Waals surface area contributed by atoms with Crippen molar-refractivity contribution in [3.8, 4) is 11.9 Å². The van der Waals surface area contributed by atoms with Crippen LogP contribution in [0.3, 0.4) is 0 Å². The van der Waals surface area contributed by atoms with Gasteiger partial charge >= 0.3 is 0 Å². The van der Waals surface area contributed by atoms with Gasteiger partial charge in [-0.15, -0.1) is 0 Å². The van der Waals surface area contributed by atoms with E-state index in [2.05, 4.69) is 23.0 Å². The zero-order chi connectivity index (χ0) is 13.0. The summed E-state index contributed by atoms with van der Waals surface area (Å²) in [6.07, 6.45) is 3.09. The molecule has 4 heteroatoms. The average Bonchev–Trinajstić information content (AvgIpc) is 2.43. The molecule has 4 nitrogen and oxygen atoms in total. The van der Waals surface area contributed by atoms with Crippen molar-refractivity contribution in [2.75, 3.05) is 7.11 Å². The third-order valence-corrected chi connectivity index (χ3v) is 2.79. The number of methoxy groups -OCH3 is 1. The first-order chi connectivity index (χ1) is 8.78. The number of fused-ring (bicyclic) bond motifs is 1. The van der Waals surface area contributed by atoms with Gasteiger partial charge in [0.05, 0.1) is 18.2 Å². The van der Waals surface area contributed by atoms with Crippen LogP contribution in [0.25, 0.3) is 11.0 Å². The van der Waals surface area contributed by atoms with Crippen LogP contribution in [0.2, 0.25) is 0 Å². The molecular formula is C14H15N3O. The fourth-order valence-corrected chi connectivity index (χ4v) is 1.83. The molecule has 0 aliphatic heterocycles. The predicted octanol–water partition coefficient (Wildman–Crippen LogP) is 2.85. The Bertz CT molecular complexity index is 602. The maximum absolute atomic E-state index is 9.19. The Balaban J connectivity index is 2.53. The zero-order valence-electron chi connectivity index (χ0n) is 10.6. The Morgan fingerprint density at radius 3 is 2.83 bits per heavy atom. The van der Waals surface area contributed by atoms with E-state index in [1.165, 1.54) is 0 Å². The Labute approximate surface area is 106 Å². The molecule has 0 atom stereocenters. The van der Waals surface area contributed by atoms with Gasteiger partial charge in [-0.1, -0.05) is 13.3 Å². The summed E-state index contributed by atoms with van der Waals surface area (Å²) >= 11 is 0. The molecule has 0 fully saturated rings. The first kappa shape index (κ1) is 12.3. The summed E-state index contributed by atoms with van der Waals surface area (Å²) in [5.74, 6) is 0.502. The first-order valence-corrected chi connectivity index (χ1v) is 6.03. The largest absolute Gasteiger partial charge is 0.481 e. The number of nitrogens with zero attached hydrogens (tertiary/aromatic N) is 3. The minimum absolute atomic E-state index is 0.502. The molecule has 0 amide bonds. The molecule has 2 heterocycles. The summed E-state index contributed by atoms with van der Waals surface area (Å²) in [5, 5.41) is 9.19. The van der Waals surface area contributed by atoms with Crippen LogP contribution in [0.4, 0.5) is 0 Å². The summed E-state index contributed by atoms with van der Waals surface area (Å²) in [4.78, 5) is 8.81. The van der Waals surface area contributed by atoms with Crippen LogP contribution in [0.5, 0.6) is 5.88 Å². The topological polar surface area (TPSA) is 58.8 Å². The van der Waals surface area contributed by atoms with E-state index in [0.29, 0.717) is 17.0 Å². The normalized spacial score (nSPS) is 10.3. The van der Waals surface area contributed by atoms with Crippen molar-refractivity contribution in [2.24, 2.45) is 0 Å². The highest BCUT2D eigenvalue weighted by Gasteiger charge is 2.08. The number of aromatic nitrogens is 2. The van der Waals surface area contributed by atoms with Crippen molar-refractivity contribution in [3.63, 3.8) is 0 Å². The number of ether oxygens (including phenoxy) is 1. The minimum atomic E-state index is 0.502. The van der Waals surface area contributed by atoms with Crippen molar-refractivity contribution in [1.29, 1.82) is 5.26 Å². The number of hydrogen-bond acceptors (Lipinski definition) is 4. The van der Waals surface area contributed by atoms with Gasteiger partial charge in [-0.2, -0.15) is 5.26 Å². The summed E-state index contributed by atoms with van der Waals surface area (Å²) in [5.41, 5.74) is 2.87. The van der Waals surface area contributed by atoms with Crippen molar-refractivity contribution in [2.45, 2.75) is 26.2 Å². The molecule has 0 saturated carbocycles. The summed E-state index contributed by atoms with van der Waals surface area (Å²) in [6.45, 7) is 2.14. The zero-order valence-corrected chi connectivity index (χ0v) is 10.6. The molecule has 0 aliphatic carbocycles. The van der Waals surface area contributed by atoms with Crippen LogP contribution in [-0.4, -0.2) is 17.1 Å². The molecule has 0 bridgehead atoms. The molecule has 0 N–H and O–H groups in total. The lowest BCUT2D eigenvalue weighted by Gasteiger charge is -2.05. The van der Waals surface area contributed by atoms with E-state index in [-0.39, 0.29) is 0 Å². The monoisotopic (exact) mass is 241 g/mol. The van der Waals surface area contributed by atoms with Crippen LogP contribution >= 0.6 is 0 Å². The second-order valence-electron chi connectivity index (χ2n) is 4.10. The molecule has 0 unspecified atom stereocenters. The molecule has 92 valence electrons. The first-order valence-electron chi connectivity index (χ1n) is 6.03. The number of aryl methyl sites for hydroxylation is 1. The van der Waals surface area contributed by atoms with Crippen molar-refractivity contribution < 1.29 is 4.74 Å².